The third kappa shape index (κ3) is 3.13. The topological polar surface area (TPSA) is 26.0 Å². The summed E-state index contributed by atoms with van der Waals surface area (Å²) in [5.41, 5.74) is 5.66. The van der Waals surface area contributed by atoms with Crippen LogP contribution in [0.3, 0.4) is 0 Å². The van der Waals surface area contributed by atoms with Gasteiger partial charge in [-0.15, -0.1) is 0 Å². The quantitative estimate of drug-likeness (QED) is 0.835. The molecule has 14 heavy (non-hydrogen) atoms. The van der Waals surface area contributed by atoms with Crippen LogP contribution in [0.1, 0.15) is 5.56 Å². The molecule has 1 aromatic carbocycles. The van der Waals surface area contributed by atoms with E-state index in [0.717, 1.165) is 3.57 Å². The molecule has 0 bridgehead atoms. The molecule has 0 aliphatic heterocycles. The molecule has 0 saturated heterocycles. The van der Waals surface area contributed by atoms with Crippen molar-refractivity contribution in [3.05, 3.63) is 33.4 Å². The Morgan fingerprint density at radius 1 is 1.29 bits per heavy atom. The molecule has 0 aliphatic carbocycles. The Balaban J connectivity index is 2.75. The molecule has 0 aromatic heterocycles. The zero-order chi connectivity index (χ0) is 10.8. The van der Waals surface area contributed by atoms with Gasteiger partial charge in [0.1, 0.15) is 6.04 Å². The first kappa shape index (κ1) is 11.8. The van der Waals surface area contributed by atoms with Crippen LogP contribution >= 0.6 is 22.6 Å². The lowest BCUT2D eigenvalue weighted by atomic mass is 10.1. The third-order valence-corrected chi connectivity index (χ3v) is 2.87. The van der Waals surface area contributed by atoms with Crippen molar-refractivity contribution in [1.29, 1.82) is 0 Å². The first-order chi connectivity index (χ1) is 6.41. The van der Waals surface area contributed by atoms with Gasteiger partial charge in [-0.3, -0.25) is 0 Å². The fourth-order valence-corrected chi connectivity index (χ4v) is 1.62. The lowest BCUT2D eigenvalue weighted by Gasteiger charge is -2.15. The monoisotopic (exact) mass is 315 g/mol. The van der Waals surface area contributed by atoms with Crippen LogP contribution in [0.2, 0.25) is 0 Å². The number of alkyl halides is 3. The molecule has 0 heterocycles. The van der Waals surface area contributed by atoms with Crippen molar-refractivity contribution < 1.29 is 13.2 Å². The van der Waals surface area contributed by atoms with Crippen molar-refractivity contribution in [3.8, 4) is 0 Å². The van der Waals surface area contributed by atoms with E-state index in [-0.39, 0.29) is 6.42 Å². The minimum Gasteiger partial charge on any atom is -0.320 e. The van der Waals surface area contributed by atoms with Crippen LogP contribution in [0, 0.1) is 3.57 Å². The first-order valence-electron chi connectivity index (χ1n) is 3.97. The highest BCUT2D eigenvalue weighted by atomic mass is 127. The molecule has 5 heteroatoms. The maximum atomic E-state index is 12.1. The van der Waals surface area contributed by atoms with Gasteiger partial charge in [0, 0.05) is 3.57 Å². The lowest BCUT2D eigenvalue weighted by molar-refractivity contribution is -0.147. The van der Waals surface area contributed by atoms with E-state index in [0.29, 0.717) is 5.56 Å². The van der Waals surface area contributed by atoms with Gasteiger partial charge in [-0.2, -0.15) is 13.2 Å². The molecule has 78 valence electrons. The number of halogens is 4. The summed E-state index contributed by atoms with van der Waals surface area (Å²) < 4.78 is 37.2. The highest BCUT2D eigenvalue weighted by Crippen LogP contribution is 2.23. The summed E-state index contributed by atoms with van der Waals surface area (Å²) in [6.45, 7) is 0. The van der Waals surface area contributed by atoms with E-state index in [1.807, 2.05) is 22.6 Å². The number of rotatable bonds is 2. The van der Waals surface area contributed by atoms with Gasteiger partial charge < -0.3 is 5.73 Å². The molecule has 2 N–H and O–H groups in total. The second-order valence-electron chi connectivity index (χ2n) is 2.94. The van der Waals surface area contributed by atoms with Crippen molar-refractivity contribution in [1.82, 2.24) is 0 Å². The normalized spacial score (nSPS) is 14.1. The number of hydrogen-bond donors (Lipinski definition) is 1. The zero-order valence-corrected chi connectivity index (χ0v) is 9.34. The van der Waals surface area contributed by atoms with Crippen LogP contribution in [-0.2, 0) is 6.42 Å². The minimum atomic E-state index is -4.32. The van der Waals surface area contributed by atoms with E-state index in [1.54, 1.807) is 24.3 Å². The SMILES string of the molecule is NC(Cc1ccccc1I)C(F)(F)F. The second kappa shape index (κ2) is 4.48. The van der Waals surface area contributed by atoms with Gasteiger partial charge in [0.25, 0.3) is 0 Å². The summed E-state index contributed by atoms with van der Waals surface area (Å²) in [5, 5.41) is 0. The fourth-order valence-electron chi connectivity index (χ4n) is 1.02. The molecule has 0 saturated carbocycles. The van der Waals surface area contributed by atoms with Crippen LogP contribution in [0.15, 0.2) is 24.3 Å². The molecule has 1 unspecified atom stereocenters. The second-order valence-corrected chi connectivity index (χ2v) is 4.11. The van der Waals surface area contributed by atoms with Crippen molar-refractivity contribution in [2.24, 2.45) is 5.73 Å². The summed E-state index contributed by atoms with van der Waals surface area (Å²) in [7, 11) is 0. The van der Waals surface area contributed by atoms with E-state index in [4.69, 9.17) is 5.73 Å². The maximum Gasteiger partial charge on any atom is 0.403 e. The van der Waals surface area contributed by atoms with Crippen LogP contribution in [0.25, 0.3) is 0 Å². The highest BCUT2D eigenvalue weighted by Gasteiger charge is 2.36. The van der Waals surface area contributed by atoms with Gasteiger partial charge >= 0.3 is 6.18 Å². The maximum absolute atomic E-state index is 12.1. The van der Waals surface area contributed by atoms with Gasteiger partial charge in [-0.25, -0.2) is 0 Å². The Kier molecular flexibility index (Phi) is 3.77. The molecule has 0 aliphatic rings. The highest BCUT2D eigenvalue weighted by molar-refractivity contribution is 14.1. The molecule has 1 nitrogen and oxygen atoms in total. The van der Waals surface area contributed by atoms with Crippen LogP contribution in [0.4, 0.5) is 13.2 Å². The van der Waals surface area contributed by atoms with Crippen LogP contribution in [0.5, 0.6) is 0 Å². The zero-order valence-electron chi connectivity index (χ0n) is 7.18. The van der Waals surface area contributed by atoms with E-state index < -0.39 is 12.2 Å². The average Bonchev–Trinajstić information content (AvgIpc) is 2.07. The fraction of sp³-hybridized carbons (Fsp3) is 0.333. The Morgan fingerprint density at radius 3 is 2.36 bits per heavy atom. The van der Waals surface area contributed by atoms with E-state index >= 15 is 0 Å². The Labute approximate surface area is 93.6 Å². The molecular weight excluding hydrogens is 306 g/mol. The molecule has 0 fully saturated rings. The lowest BCUT2D eigenvalue weighted by Crippen LogP contribution is -2.39. The summed E-state index contributed by atoms with van der Waals surface area (Å²) >= 11 is 2.00. The van der Waals surface area contributed by atoms with Gasteiger partial charge in [-0.1, -0.05) is 18.2 Å². The van der Waals surface area contributed by atoms with Crippen molar-refractivity contribution in [2.45, 2.75) is 18.6 Å². The summed E-state index contributed by atoms with van der Waals surface area (Å²) in [6.07, 6.45) is -4.48. The first-order valence-corrected chi connectivity index (χ1v) is 5.05. The van der Waals surface area contributed by atoms with Crippen molar-refractivity contribution in [2.75, 3.05) is 0 Å². The average molecular weight is 315 g/mol. The minimum absolute atomic E-state index is 0.164. The summed E-state index contributed by atoms with van der Waals surface area (Å²) in [5.74, 6) is 0. The predicted octanol–water partition coefficient (Wildman–Crippen LogP) is 2.72. The van der Waals surface area contributed by atoms with Crippen LogP contribution in [-0.4, -0.2) is 12.2 Å². The Morgan fingerprint density at radius 2 is 1.86 bits per heavy atom. The molecule has 0 spiro atoms. The van der Waals surface area contributed by atoms with Gasteiger partial charge in [0.05, 0.1) is 0 Å². The smallest absolute Gasteiger partial charge is 0.320 e. The van der Waals surface area contributed by atoms with E-state index in [1.165, 1.54) is 0 Å². The molecular formula is C9H9F3IN. The third-order valence-electron chi connectivity index (χ3n) is 1.82. The Hall–Kier alpha value is -0.300. The molecule has 1 atom stereocenters. The largest absolute Gasteiger partial charge is 0.403 e. The Bertz CT molecular complexity index is 311. The van der Waals surface area contributed by atoms with Gasteiger partial charge in [0.2, 0.25) is 0 Å². The standard InChI is InChI=1S/C9H9F3IN/c10-9(11,12)8(14)5-6-3-1-2-4-7(6)13/h1-4,8H,5,14H2. The van der Waals surface area contributed by atoms with E-state index in [9.17, 15) is 13.2 Å². The number of benzene rings is 1. The van der Waals surface area contributed by atoms with Crippen molar-refractivity contribution >= 4 is 22.6 Å². The van der Waals surface area contributed by atoms with Gasteiger partial charge in [0.15, 0.2) is 0 Å². The predicted molar refractivity (Wildman–Crippen MR) is 56.9 cm³/mol. The number of hydrogen-bond acceptors (Lipinski definition) is 1. The molecule has 1 rings (SSSR count). The molecule has 1 aromatic rings. The van der Waals surface area contributed by atoms with Crippen molar-refractivity contribution in [3.63, 3.8) is 0 Å². The van der Waals surface area contributed by atoms with E-state index in [2.05, 4.69) is 0 Å². The number of nitrogens with two attached hydrogens (primary N) is 1. The van der Waals surface area contributed by atoms with Gasteiger partial charge in [-0.05, 0) is 40.6 Å². The molecule has 0 amide bonds. The summed E-state index contributed by atoms with van der Waals surface area (Å²) in [6, 6.07) is 5.13. The van der Waals surface area contributed by atoms with Crippen LogP contribution < -0.4 is 5.73 Å². The molecule has 0 radical (unpaired) electrons. The summed E-state index contributed by atoms with van der Waals surface area (Å²) in [4.78, 5) is 0.